The van der Waals surface area contributed by atoms with Crippen molar-refractivity contribution in [2.24, 2.45) is 4.99 Å². The molecule has 0 fully saturated rings. The smallest absolute Gasteiger partial charge is 0.271 e. The number of amides is 1. The van der Waals surface area contributed by atoms with Gasteiger partial charge in [0.1, 0.15) is 22.5 Å². The van der Waals surface area contributed by atoms with E-state index in [1.54, 1.807) is 12.3 Å². The van der Waals surface area contributed by atoms with Crippen LogP contribution < -0.4 is 0 Å². The highest BCUT2D eigenvalue weighted by atomic mass is 32.2. The molecule has 23 heavy (non-hydrogen) atoms. The van der Waals surface area contributed by atoms with E-state index in [0.29, 0.717) is 21.6 Å². The van der Waals surface area contributed by atoms with E-state index in [1.165, 1.54) is 17.8 Å². The van der Waals surface area contributed by atoms with Crippen molar-refractivity contribution in [3.05, 3.63) is 59.9 Å². The van der Waals surface area contributed by atoms with Gasteiger partial charge in [0, 0.05) is 11.9 Å². The summed E-state index contributed by atoms with van der Waals surface area (Å²) in [5.41, 5.74) is 1.20. The van der Waals surface area contributed by atoms with Crippen molar-refractivity contribution >= 4 is 22.7 Å². The maximum atomic E-state index is 12.3. The summed E-state index contributed by atoms with van der Waals surface area (Å²) >= 11 is 1.34. The molecular formula is C16H15N3O3S. The molecule has 118 valence electrons. The van der Waals surface area contributed by atoms with Crippen LogP contribution >= 0.6 is 11.8 Å². The molecule has 0 spiro atoms. The van der Waals surface area contributed by atoms with Crippen LogP contribution in [0, 0.1) is 0 Å². The van der Waals surface area contributed by atoms with Crippen LogP contribution in [0.15, 0.2) is 53.7 Å². The first kappa shape index (κ1) is 15.5. The summed E-state index contributed by atoms with van der Waals surface area (Å²) in [6.45, 7) is 0.112. The monoisotopic (exact) mass is 329 g/mol. The summed E-state index contributed by atoms with van der Waals surface area (Å²) in [4.78, 5) is 20.6. The Balaban J connectivity index is 1.70. The van der Waals surface area contributed by atoms with Gasteiger partial charge in [-0.15, -0.1) is 11.8 Å². The molecule has 0 radical (unpaired) electrons. The minimum absolute atomic E-state index is 0.0250. The summed E-state index contributed by atoms with van der Waals surface area (Å²) in [6.07, 6.45) is 1.56. The minimum atomic E-state index is -0.676. The zero-order chi connectivity index (χ0) is 16.2. The normalized spacial score (nSPS) is 16.9. The van der Waals surface area contributed by atoms with Crippen LogP contribution in [0.4, 0.5) is 0 Å². The topological polar surface area (TPSA) is 86.0 Å². The Kier molecular flexibility index (Phi) is 4.59. The van der Waals surface area contributed by atoms with Crippen molar-refractivity contribution in [3.8, 4) is 5.75 Å². The van der Waals surface area contributed by atoms with E-state index in [9.17, 15) is 15.1 Å². The first-order valence-electron chi connectivity index (χ1n) is 7.04. The number of carbonyl (C=O) groups excluding carboxylic acids is 1. The van der Waals surface area contributed by atoms with Gasteiger partial charge in [0.05, 0.1) is 6.54 Å². The van der Waals surface area contributed by atoms with Gasteiger partial charge in [0.2, 0.25) is 0 Å². The number of nitrogens with zero attached hydrogens (tertiary/aromatic N) is 3. The maximum Gasteiger partial charge on any atom is 0.271 e. The molecule has 1 amide bonds. The molecule has 3 rings (SSSR count). The van der Waals surface area contributed by atoms with Crippen molar-refractivity contribution < 1.29 is 15.1 Å². The fourth-order valence-electron chi connectivity index (χ4n) is 2.20. The van der Waals surface area contributed by atoms with Crippen LogP contribution in [-0.4, -0.2) is 43.1 Å². The van der Waals surface area contributed by atoms with Gasteiger partial charge in [-0.2, -0.15) is 0 Å². The van der Waals surface area contributed by atoms with Crippen LogP contribution in [0.3, 0.4) is 0 Å². The lowest BCUT2D eigenvalue weighted by molar-refractivity contribution is -0.168. The second-order valence-electron chi connectivity index (χ2n) is 5.01. The van der Waals surface area contributed by atoms with Gasteiger partial charge in [-0.05, 0) is 17.7 Å². The predicted molar refractivity (Wildman–Crippen MR) is 87.5 cm³/mol. The van der Waals surface area contributed by atoms with Gasteiger partial charge in [-0.1, -0.05) is 30.3 Å². The molecule has 2 N–H and O–H groups in total. The molecule has 7 heteroatoms. The molecule has 0 aliphatic carbocycles. The number of carbonyl (C=O) groups is 1. The molecule has 1 aromatic heterocycles. The number of hydrogen-bond acceptors (Lipinski definition) is 6. The van der Waals surface area contributed by atoms with Crippen LogP contribution in [0.2, 0.25) is 0 Å². The Hall–Kier alpha value is -2.38. The van der Waals surface area contributed by atoms with E-state index in [2.05, 4.69) is 9.98 Å². The number of pyridine rings is 1. The number of hydroxylamine groups is 2. The summed E-state index contributed by atoms with van der Waals surface area (Å²) < 4.78 is 0. The maximum absolute atomic E-state index is 12.3. The third-order valence-corrected chi connectivity index (χ3v) is 4.41. The second kappa shape index (κ2) is 6.80. The zero-order valence-corrected chi connectivity index (χ0v) is 13.0. The quantitative estimate of drug-likeness (QED) is 0.662. The van der Waals surface area contributed by atoms with Crippen LogP contribution in [-0.2, 0) is 11.3 Å². The molecule has 0 saturated heterocycles. The lowest BCUT2D eigenvalue weighted by Gasteiger charge is -2.17. The van der Waals surface area contributed by atoms with Crippen LogP contribution in [0.5, 0.6) is 5.75 Å². The molecule has 1 aliphatic rings. The summed E-state index contributed by atoms with van der Waals surface area (Å²) in [7, 11) is 0. The highest BCUT2D eigenvalue weighted by Crippen LogP contribution is 2.27. The van der Waals surface area contributed by atoms with E-state index in [1.807, 2.05) is 30.3 Å². The van der Waals surface area contributed by atoms with Gasteiger partial charge < -0.3 is 5.11 Å². The van der Waals surface area contributed by atoms with Crippen LogP contribution in [0.1, 0.15) is 11.3 Å². The standard InChI is InChI=1S/C16H15N3O3S/c20-13-7-4-8-17-14(13)15-18-12(10-23-15)16(21)19(22)9-11-5-2-1-3-6-11/h1-8,12,20,22H,9-10H2/t12-/m1/s1. The van der Waals surface area contributed by atoms with Crippen molar-refractivity contribution in [1.29, 1.82) is 0 Å². The number of aromatic nitrogens is 1. The van der Waals surface area contributed by atoms with Crippen molar-refractivity contribution in [2.45, 2.75) is 12.6 Å². The second-order valence-corrected chi connectivity index (χ2v) is 6.02. The number of aromatic hydroxyl groups is 1. The Morgan fingerprint density at radius 3 is 2.78 bits per heavy atom. The summed E-state index contributed by atoms with van der Waals surface area (Å²) in [5, 5.41) is 21.0. The zero-order valence-electron chi connectivity index (χ0n) is 12.2. The number of rotatable bonds is 4. The third-order valence-electron chi connectivity index (χ3n) is 3.35. The first-order chi connectivity index (χ1) is 11.1. The molecule has 0 bridgehead atoms. The minimum Gasteiger partial charge on any atom is -0.506 e. The lowest BCUT2D eigenvalue weighted by Crippen LogP contribution is -2.35. The first-order valence-corrected chi connectivity index (χ1v) is 8.03. The van der Waals surface area contributed by atoms with Crippen molar-refractivity contribution in [3.63, 3.8) is 0 Å². The molecule has 0 unspecified atom stereocenters. The Bertz CT molecular complexity index is 736. The predicted octanol–water partition coefficient (Wildman–Crippen LogP) is 2.07. The number of benzene rings is 1. The molecule has 1 atom stereocenters. The molecule has 0 saturated carbocycles. The molecule has 6 nitrogen and oxygen atoms in total. The van der Waals surface area contributed by atoms with Crippen molar-refractivity contribution in [2.75, 3.05) is 5.75 Å². The Labute approximate surface area is 137 Å². The molecular weight excluding hydrogens is 314 g/mol. The van der Waals surface area contributed by atoms with Crippen LogP contribution in [0.25, 0.3) is 0 Å². The molecule has 2 aromatic rings. The Morgan fingerprint density at radius 1 is 1.26 bits per heavy atom. The summed E-state index contributed by atoms with van der Waals surface area (Å²) in [5.74, 6) is -0.0282. The molecule has 1 aliphatic heterocycles. The molecule has 2 heterocycles. The van der Waals surface area contributed by atoms with Gasteiger partial charge in [0.15, 0.2) is 0 Å². The highest BCUT2D eigenvalue weighted by molar-refractivity contribution is 8.14. The number of aliphatic imine (C=N–C) groups is 1. The largest absolute Gasteiger partial charge is 0.506 e. The number of hydrogen-bond donors (Lipinski definition) is 2. The van der Waals surface area contributed by atoms with Gasteiger partial charge in [-0.3, -0.25) is 20.0 Å². The van der Waals surface area contributed by atoms with E-state index >= 15 is 0 Å². The lowest BCUT2D eigenvalue weighted by atomic mass is 10.2. The van der Waals surface area contributed by atoms with Gasteiger partial charge in [-0.25, -0.2) is 5.06 Å². The molecule has 1 aromatic carbocycles. The fourth-order valence-corrected chi connectivity index (χ4v) is 3.23. The SMILES string of the molecule is O=C([C@H]1CSC(c2ncccc2O)=N1)N(O)Cc1ccccc1. The highest BCUT2D eigenvalue weighted by Gasteiger charge is 2.30. The Morgan fingerprint density at radius 2 is 2.04 bits per heavy atom. The third kappa shape index (κ3) is 3.52. The van der Waals surface area contributed by atoms with Gasteiger partial charge in [0.25, 0.3) is 5.91 Å². The number of thioether (sulfide) groups is 1. The average molecular weight is 329 g/mol. The van der Waals surface area contributed by atoms with Gasteiger partial charge >= 0.3 is 0 Å². The van der Waals surface area contributed by atoms with E-state index in [4.69, 9.17) is 0 Å². The summed E-state index contributed by atoms with van der Waals surface area (Å²) in [6, 6.07) is 11.7. The fraction of sp³-hybridized carbons (Fsp3) is 0.188. The van der Waals surface area contributed by atoms with E-state index in [0.717, 1.165) is 5.56 Å². The van der Waals surface area contributed by atoms with Crippen molar-refractivity contribution in [1.82, 2.24) is 10.0 Å². The average Bonchev–Trinajstić information content (AvgIpc) is 3.05. The van der Waals surface area contributed by atoms with E-state index in [-0.39, 0.29) is 12.3 Å². The van der Waals surface area contributed by atoms with E-state index < -0.39 is 11.9 Å².